The fourth-order valence-corrected chi connectivity index (χ4v) is 3.77. The highest BCUT2D eigenvalue weighted by Gasteiger charge is 2.25. The number of benzene rings is 2. The van der Waals surface area contributed by atoms with Crippen molar-refractivity contribution >= 4 is 56.5 Å². The highest BCUT2D eigenvalue weighted by molar-refractivity contribution is 14.1. The number of cyclic esters (lactones) is 1. The van der Waals surface area contributed by atoms with E-state index in [1.165, 1.54) is 0 Å². The van der Waals surface area contributed by atoms with Crippen LogP contribution in [0.2, 0.25) is 0 Å². The van der Waals surface area contributed by atoms with Crippen LogP contribution in [0.4, 0.5) is 0 Å². The van der Waals surface area contributed by atoms with Gasteiger partial charge in [0.1, 0.15) is 0 Å². The van der Waals surface area contributed by atoms with Crippen molar-refractivity contribution in [1.29, 1.82) is 0 Å². The zero-order valence-corrected chi connectivity index (χ0v) is 19.4. The van der Waals surface area contributed by atoms with Crippen molar-refractivity contribution in [2.45, 2.75) is 13.8 Å². The summed E-state index contributed by atoms with van der Waals surface area (Å²) in [6.45, 7) is 4.77. The lowest BCUT2D eigenvalue weighted by Crippen LogP contribution is -2.07. The van der Waals surface area contributed by atoms with Crippen LogP contribution in [0.15, 0.2) is 51.6 Å². The maximum Gasteiger partial charge on any atom is 0.363 e. The summed E-state index contributed by atoms with van der Waals surface area (Å²) >= 11 is 5.65. The molecule has 0 aliphatic carbocycles. The molecule has 0 saturated carbocycles. The lowest BCUT2D eigenvalue weighted by atomic mass is 10.1. The maximum absolute atomic E-state index is 12.3. The minimum atomic E-state index is -0.486. The monoisotopic (exact) mass is 555 g/mol. The van der Waals surface area contributed by atoms with E-state index in [-0.39, 0.29) is 11.6 Å². The molecule has 0 spiro atoms. The molecule has 28 heavy (non-hydrogen) atoms. The van der Waals surface area contributed by atoms with Crippen molar-refractivity contribution in [3.63, 3.8) is 0 Å². The van der Waals surface area contributed by atoms with Crippen molar-refractivity contribution < 1.29 is 19.0 Å². The molecule has 3 rings (SSSR count). The molecule has 1 heterocycles. The molecule has 0 fully saturated rings. The molecule has 1 aliphatic rings. The number of aliphatic imine (C=N–C) groups is 1. The minimum absolute atomic E-state index is 0.236. The number of hydrogen-bond acceptors (Lipinski definition) is 5. The number of rotatable bonds is 6. The third kappa shape index (κ3) is 4.75. The van der Waals surface area contributed by atoms with Crippen LogP contribution in [-0.4, -0.2) is 25.6 Å². The van der Waals surface area contributed by atoms with Gasteiger partial charge in [-0.25, -0.2) is 9.79 Å². The number of carbonyl (C=O) groups is 1. The SMILES string of the molecule is COc1cc(/C=C2\N=C(c3ccccc3Br)OC2=O)cc(I)c1OCC(C)C. The summed E-state index contributed by atoms with van der Waals surface area (Å²) < 4.78 is 18.4. The standard InChI is InChI=1S/C21H19BrINO4/c1-12(2)11-27-19-16(23)8-13(10-18(19)26-3)9-17-21(25)28-20(24-17)14-6-4-5-7-15(14)22/h4-10,12H,11H2,1-3H3/b17-9-. The lowest BCUT2D eigenvalue weighted by molar-refractivity contribution is -0.129. The third-order valence-corrected chi connectivity index (χ3v) is 5.33. The van der Waals surface area contributed by atoms with E-state index in [2.05, 4.69) is 57.4 Å². The quantitative estimate of drug-likeness (QED) is 0.270. The number of ether oxygens (including phenoxy) is 3. The first-order valence-electron chi connectivity index (χ1n) is 8.67. The van der Waals surface area contributed by atoms with E-state index in [4.69, 9.17) is 14.2 Å². The second kappa shape index (κ2) is 9.09. The Morgan fingerprint density at radius 3 is 2.71 bits per heavy atom. The molecule has 0 atom stereocenters. The Morgan fingerprint density at radius 1 is 1.29 bits per heavy atom. The molecule has 0 saturated heterocycles. The molecular formula is C21H19BrINO4. The first-order chi connectivity index (χ1) is 13.4. The van der Waals surface area contributed by atoms with Gasteiger partial charge in [0.15, 0.2) is 17.2 Å². The smallest absolute Gasteiger partial charge is 0.363 e. The number of methoxy groups -OCH3 is 1. The number of nitrogens with zero attached hydrogens (tertiary/aromatic N) is 1. The Bertz CT molecular complexity index is 969. The van der Waals surface area contributed by atoms with Gasteiger partial charge in [-0.1, -0.05) is 26.0 Å². The topological polar surface area (TPSA) is 57.1 Å². The molecule has 2 aromatic carbocycles. The number of esters is 1. The van der Waals surface area contributed by atoms with Gasteiger partial charge in [0.25, 0.3) is 0 Å². The molecule has 0 radical (unpaired) electrons. The van der Waals surface area contributed by atoms with Crippen molar-refractivity contribution in [1.82, 2.24) is 0 Å². The highest BCUT2D eigenvalue weighted by Crippen LogP contribution is 2.35. The molecule has 0 aromatic heterocycles. The van der Waals surface area contributed by atoms with E-state index in [1.54, 1.807) is 13.2 Å². The van der Waals surface area contributed by atoms with Crippen LogP contribution in [0.3, 0.4) is 0 Å². The summed E-state index contributed by atoms with van der Waals surface area (Å²) in [4.78, 5) is 16.6. The van der Waals surface area contributed by atoms with E-state index in [0.717, 1.165) is 19.2 Å². The zero-order valence-electron chi connectivity index (χ0n) is 15.7. The van der Waals surface area contributed by atoms with Gasteiger partial charge in [-0.3, -0.25) is 0 Å². The summed E-state index contributed by atoms with van der Waals surface area (Å²) in [6.07, 6.45) is 1.68. The van der Waals surface area contributed by atoms with Crippen molar-refractivity contribution in [3.8, 4) is 11.5 Å². The molecule has 146 valence electrons. The zero-order chi connectivity index (χ0) is 20.3. The lowest BCUT2D eigenvalue weighted by Gasteiger charge is -2.15. The van der Waals surface area contributed by atoms with Crippen molar-refractivity contribution in [3.05, 3.63) is 61.3 Å². The van der Waals surface area contributed by atoms with E-state index in [9.17, 15) is 4.79 Å². The molecule has 5 nitrogen and oxygen atoms in total. The first kappa shape index (κ1) is 20.9. The van der Waals surface area contributed by atoms with E-state index in [0.29, 0.717) is 24.0 Å². The van der Waals surface area contributed by atoms with E-state index in [1.807, 2.05) is 36.4 Å². The molecule has 7 heteroatoms. The number of carbonyl (C=O) groups excluding carboxylic acids is 1. The Kier molecular flexibility index (Phi) is 6.77. The van der Waals surface area contributed by atoms with Gasteiger partial charge in [-0.2, -0.15) is 0 Å². The van der Waals surface area contributed by atoms with Gasteiger partial charge >= 0.3 is 5.97 Å². The Hall–Kier alpha value is -1.87. The van der Waals surface area contributed by atoms with Crippen LogP contribution in [0.5, 0.6) is 11.5 Å². The summed E-state index contributed by atoms with van der Waals surface area (Å²) in [5.74, 6) is 1.51. The van der Waals surface area contributed by atoms with Crippen LogP contribution in [-0.2, 0) is 9.53 Å². The van der Waals surface area contributed by atoms with Gasteiger partial charge in [0, 0.05) is 4.47 Å². The second-order valence-corrected chi connectivity index (χ2v) is 8.57. The van der Waals surface area contributed by atoms with Gasteiger partial charge in [0.05, 0.1) is 22.9 Å². The van der Waals surface area contributed by atoms with Crippen LogP contribution < -0.4 is 9.47 Å². The van der Waals surface area contributed by atoms with Crippen molar-refractivity contribution in [2.75, 3.05) is 13.7 Å². The van der Waals surface area contributed by atoms with Gasteiger partial charge in [-0.15, -0.1) is 0 Å². The predicted octanol–water partition coefficient (Wildman–Crippen LogP) is 5.44. The third-order valence-electron chi connectivity index (χ3n) is 3.84. The molecule has 0 unspecified atom stereocenters. The molecule has 2 aromatic rings. The summed E-state index contributed by atoms with van der Waals surface area (Å²) in [6, 6.07) is 11.2. The average molecular weight is 556 g/mol. The van der Waals surface area contributed by atoms with E-state index >= 15 is 0 Å². The van der Waals surface area contributed by atoms with Crippen LogP contribution in [0.1, 0.15) is 25.0 Å². The Balaban J connectivity index is 1.93. The van der Waals surface area contributed by atoms with Crippen LogP contribution >= 0.6 is 38.5 Å². The summed E-state index contributed by atoms with van der Waals surface area (Å²) in [7, 11) is 1.59. The fourth-order valence-electron chi connectivity index (χ4n) is 2.53. The normalized spacial score (nSPS) is 15.0. The van der Waals surface area contributed by atoms with Gasteiger partial charge in [0.2, 0.25) is 5.90 Å². The van der Waals surface area contributed by atoms with Crippen LogP contribution in [0, 0.1) is 9.49 Å². The van der Waals surface area contributed by atoms with Gasteiger partial charge < -0.3 is 14.2 Å². The molecule has 1 aliphatic heterocycles. The predicted molar refractivity (Wildman–Crippen MR) is 121 cm³/mol. The van der Waals surface area contributed by atoms with Gasteiger partial charge in [-0.05, 0) is 80.3 Å². The first-order valence-corrected chi connectivity index (χ1v) is 10.5. The number of hydrogen-bond donors (Lipinski definition) is 0. The molecular weight excluding hydrogens is 537 g/mol. The van der Waals surface area contributed by atoms with Crippen LogP contribution in [0.25, 0.3) is 6.08 Å². The summed E-state index contributed by atoms with van der Waals surface area (Å²) in [5.41, 5.74) is 1.74. The minimum Gasteiger partial charge on any atom is -0.493 e. The molecule has 0 bridgehead atoms. The highest BCUT2D eigenvalue weighted by atomic mass is 127. The van der Waals surface area contributed by atoms with Crippen molar-refractivity contribution in [2.24, 2.45) is 10.9 Å². The Morgan fingerprint density at radius 2 is 2.04 bits per heavy atom. The average Bonchev–Trinajstić information content (AvgIpc) is 3.00. The number of halogens is 2. The van der Waals surface area contributed by atoms with E-state index < -0.39 is 5.97 Å². The second-order valence-electron chi connectivity index (χ2n) is 6.55. The molecule has 0 amide bonds. The maximum atomic E-state index is 12.3. The Labute approximate surface area is 186 Å². The summed E-state index contributed by atoms with van der Waals surface area (Å²) in [5, 5.41) is 0. The largest absolute Gasteiger partial charge is 0.493 e. The fraction of sp³-hybridized carbons (Fsp3) is 0.238. The molecule has 0 N–H and O–H groups in total.